The van der Waals surface area contributed by atoms with Gasteiger partial charge in [0.2, 0.25) is 0 Å². The van der Waals surface area contributed by atoms with E-state index in [0.717, 1.165) is 0 Å². The van der Waals surface area contributed by atoms with Crippen LogP contribution >= 0.6 is 0 Å². The summed E-state index contributed by atoms with van der Waals surface area (Å²) in [6.07, 6.45) is -2.22. The van der Waals surface area contributed by atoms with Crippen LogP contribution in [-0.2, 0) is 9.53 Å². The Kier molecular flexibility index (Phi) is 2.04. The average Bonchev–Trinajstić information content (AvgIpc) is 2.30. The van der Waals surface area contributed by atoms with E-state index >= 15 is 0 Å². The molecule has 0 radical (unpaired) electrons. The van der Waals surface area contributed by atoms with E-state index in [2.05, 4.69) is 4.74 Å². The van der Waals surface area contributed by atoms with Crippen LogP contribution in [0.4, 0.5) is 0 Å². The fourth-order valence-electron chi connectivity index (χ4n) is 1.07. The first-order valence-corrected chi connectivity index (χ1v) is 3.47. The Labute approximate surface area is 69.2 Å². The van der Waals surface area contributed by atoms with E-state index in [1.54, 1.807) is 6.07 Å². The van der Waals surface area contributed by atoms with Crippen molar-refractivity contribution in [3.8, 4) is 6.07 Å². The molecule has 1 unspecified atom stereocenters. The summed E-state index contributed by atoms with van der Waals surface area (Å²) in [7, 11) is 0. The predicted molar refractivity (Wildman–Crippen MR) is 36.7 cm³/mol. The van der Waals surface area contributed by atoms with Crippen LogP contribution in [0.15, 0.2) is 0 Å². The second-order valence-electron chi connectivity index (χ2n) is 2.89. The van der Waals surface area contributed by atoms with E-state index in [-0.39, 0.29) is 0 Å². The lowest BCUT2D eigenvalue weighted by Gasteiger charge is -2.15. The number of esters is 1. The molecule has 1 saturated heterocycles. The maximum absolute atomic E-state index is 11.0. The van der Waals surface area contributed by atoms with E-state index in [1.807, 2.05) is 0 Å². The Morgan fingerprint density at radius 1 is 1.83 bits per heavy atom. The summed E-state index contributed by atoms with van der Waals surface area (Å²) in [6.45, 7) is 0.819. The first-order valence-electron chi connectivity index (χ1n) is 3.47. The van der Waals surface area contributed by atoms with Gasteiger partial charge in [0, 0.05) is 0 Å². The maximum atomic E-state index is 11.0. The Balaban J connectivity index is 2.93. The number of nitrogens with zero attached hydrogens (tertiary/aromatic N) is 1. The standard InChI is InChI=1S/C7H9NO4/c1-7(3-8)5(10)4(2-9)12-6(7)11/h4-5,9-10H,2H2,1H3/t4?,5-,7-/m1/s1. The highest BCUT2D eigenvalue weighted by atomic mass is 16.6. The molecular formula is C7H9NO4. The third-order valence-corrected chi connectivity index (χ3v) is 2.04. The maximum Gasteiger partial charge on any atom is 0.329 e. The number of aliphatic hydroxyl groups excluding tert-OH is 2. The molecular weight excluding hydrogens is 162 g/mol. The van der Waals surface area contributed by atoms with Crippen molar-refractivity contribution in [1.82, 2.24) is 0 Å². The number of carbonyl (C=O) groups excluding carboxylic acids is 1. The highest BCUT2D eigenvalue weighted by Gasteiger charge is 2.54. The first kappa shape index (κ1) is 8.97. The first-order chi connectivity index (χ1) is 5.56. The van der Waals surface area contributed by atoms with Gasteiger partial charge >= 0.3 is 5.97 Å². The Bertz CT molecular complexity index is 246. The normalized spacial score (nSPS) is 40.7. The molecule has 5 heteroatoms. The molecule has 0 bridgehead atoms. The second kappa shape index (κ2) is 2.73. The van der Waals surface area contributed by atoms with E-state index in [0.29, 0.717) is 0 Å². The largest absolute Gasteiger partial charge is 0.456 e. The zero-order chi connectivity index (χ0) is 9.35. The van der Waals surface area contributed by atoms with Crippen molar-refractivity contribution in [2.24, 2.45) is 5.41 Å². The van der Waals surface area contributed by atoms with Crippen molar-refractivity contribution in [2.45, 2.75) is 19.1 Å². The molecule has 0 spiro atoms. The van der Waals surface area contributed by atoms with Gasteiger partial charge in [0.05, 0.1) is 12.7 Å². The summed E-state index contributed by atoms with van der Waals surface area (Å²) >= 11 is 0. The summed E-state index contributed by atoms with van der Waals surface area (Å²) in [5.74, 6) is -0.781. The molecule has 0 aromatic rings. The predicted octanol–water partition coefficient (Wildman–Crippen LogP) is -1.21. The van der Waals surface area contributed by atoms with Gasteiger partial charge in [-0.05, 0) is 6.92 Å². The lowest BCUT2D eigenvalue weighted by atomic mass is 9.86. The Morgan fingerprint density at radius 2 is 2.42 bits per heavy atom. The molecule has 0 amide bonds. The molecule has 1 aliphatic heterocycles. The van der Waals surface area contributed by atoms with Crippen molar-refractivity contribution >= 4 is 5.97 Å². The summed E-state index contributed by atoms with van der Waals surface area (Å²) in [5.41, 5.74) is -1.53. The molecule has 1 rings (SSSR count). The molecule has 2 N–H and O–H groups in total. The zero-order valence-electron chi connectivity index (χ0n) is 6.52. The van der Waals surface area contributed by atoms with E-state index in [9.17, 15) is 9.90 Å². The molecule has 12 heavy (non-hydrogen) atoms. The van der Waals surface area contributed by atoms with E-state index in [4.69, 9.17) is 10.4 Å². The summed E-state index contributed by atoms with van der Waals surface area (Å²) in [4.78, 5) is 11.0. The fraction of sp³-hybridized carbons (Fsp3) is 0.714. The summed E-state index contributed by atoms with van der Waals surface area (Å²) in [5, 5.41) is 26.6. The number of rotatable bonds is 1. The zero-order valence-corrected chi connectivity index (χ0v) is 6.52. The van der Waals surface area contributed by atoms with Gasteiger partial charge in [-0.25, -0.2) is 0 Å². The minimum Gasteiger partial charge on any atom is -0.456 e. The lowest BCUT2D eigenvalue weighted by molar-refractivity contribution is -0.147. The van der Waals surface area contributed by atoms with Crippen molar-refractivity contribution in [1.29, 1.82) is 5.26 Å². The van der Waals surface area contributed by atoms with Crippen molar-refractivity contribution < 1.29 is 19.7 Å². The Hall–Kier alpha value is -1.12. The number of aliphatic hydroxyl groups is 2. The van der Waals surface area contributed by atoms with E-state index < -0.39 is 30.2 Å². The summed E-state index contributed by atoms with van der Waals surface area (Å²) < 4.78 is 4.57. The molecule has 1 fully saturated rings. The molecule has 5 nitrogen and oxygen atoms in total. The number of carbonyl (C=O) groups is 1. The number of ether oxygens (including phenoxy) is 1. The molecule has 0 aliphatic carbocycles. The highest BCUT2D eigenvalue weighted by molar-refractivity contribution is 5.82. The monoisotopic (exact) mass is 171 g/mol. The van der Waals surface area contributed by atoms with Crippen LogP contribution in [-0.4, -0.2) is 35.0 Å². The van der Waals surface area contributed by atoms with E-state index in [1.165, 1.54) is 6.92 Å². The van der Waals surface area contributed by atoms with Crippen LogP contribution in [0, 0.1) is 16.7 Å². The van der Waals surface area contributed by atoms with Gasteiger partial charge in [-0.3, -0.25) is 4.79 Å². The topological polar surface area (TPSA) is 90.6 Å². The van der Waals surface area contributed by atoms with Gasteiger partial charge < -0.3 is 14.9 Å². The fourth-order valence-corrected chi connectivity index (χ4v) is 1.07. The summed E-state index contributed by atoms with van der Waals surface area (Å²) in [6, 6.07) is 1.67. The van der Waals surface area contributed by atoms with Crippen LogP contribution in [0.2, 0.25) is 0 Å². The lowest BCUT2D eigenvalue weighted by Crippen LogP contribution is -2.36. The molecule has 3 atom stereocenters. The number of hydrogen-bond donors (Lipinski definition) is 2. The number of nitriles is 1. The molecule has 1 heterocycles. The average molecular weight is 171 g/mol. The van der Waals surface area contributed by atoms with Crippen molar-refractivity contribution in [3.63, 3.8) is 0 Å². The minimum atomic E-state index is -1.53. The number of cyclic esters (lactones) is 1. The van der Waals surface area contributed by atoms with Gasteiger partial charge in [0.15, 0.2) is 11.5 Å². The van der Waals surface area contributed by atoms with Crippen LogP contribution in [0.5, 0.6) is 0 Å². The van der Waals surface area contributed by atoms with Gasteiger partial charge in [0.25, 0.3) is 0 Å². The quantitative estimate of drug-likeness (QED) is 0.483. The van der Waals surface area contributed by atoms with Crippen LogP contribution in [0.25, 0.3) is 0 Å². The van der Waals surface area contributed by atoms with Crippen LogP contribution in [0.3, 0.4) is 0 Å². The SMILES string of the molecule is C[C@]1(C#N)C(=O)OC(CO)[C@H]1O. The van der Waals surface area contributed by atoms with Gasteiger partial charge in [0.1, 0.15) is 6.10 Å². The number of hydrogen-bond acceptors (Lipinski definition) is 5. The van der Waals surface area contributed by atoms with Crippen molar-refractivity contribution in [3.05, 3.63) is 0 Å². The molecule has 0 aromatic heterocycles. The van der Waals surface area contributed by atoms with Crippen molar-refractivity contribution in [2.75, 3.05) is 6.61 Å². The van der Waals surface area contributed by atoms with Gasteiger partial charge in [-0.2, -0.15) is 5.26 Å². The minimum absolute atomic E-state index is 0.468. The molecule has 0 aromatic carbocycles. The van der Waals surface area contributed by atoms with Crippen LogP contribution < -0.4 is 0 Å². The second-order valence-corrected chi connectivity index (χ2v) is 2.89. The highest BCUT2D eigenvalue weighted by Crippen LogP contribution is 2.32. The third-order valence-electron chi connectivity index (χ3n) is 2.04. The van der Waals surface area contributed by atoms with Crippen LogP contribution in [0.1, 0.15) is 6.92 Å². The third kappa shape index (κ3) is 0.967. The molecule has 66 valence electrons. The van der Waals surface area contributed by atoms with Gasteiger partial charge in [-0.15, -0.1) is 0 Å². The smallest absolute Gasteiger partial charge is 0.329 e. The Morgan fingerprint density at radius 3 is 2.67 bits per heavy atom. The molecule has 0 saturated carbocycles. The molecule has 1 aliphatic rings. The van der Waals surface area contributed by atoms with Gasteiger partial charge in [-0.1, -0.05) is 0 Å².